The molecule has 0 radical (unpaired) electrons. The molecule has 0 aliphatic rings. The van der Waals surface area contributed by atoms with Gasteiger partial charge in [-0.1, -0.05) is 12.1 Å². The topological polar surface area (TPSA) is 50.2 Å². The van der Waals surface area contributed by atoms with Gasteiger partial charge in [-0.3, -0.25) is 4.98 Å². The van der Waals surface area contributed by atoms with E-state index >= 15 is 0 Å². The molecule has 1 N–H and O–H groups in total. The number of nitrogens with zero attached hydrogens (tertiary/aromatic N) is 1. The van der Waals surface area contributed by atoms with Crippen molar-refractivity contribution in [2.45, 2.75) is 0 Å². The van der Waals surface area contributed by atoms with E-state index in [2.05, 4.69) is 4.98 Å². The first-order chi connectivity index (χ1) is 6.29. The van der Waals surface area contributed by atoms with Gasteiger partial charge in [-0.2, -0.15) is 0 Å². The summed E-state index contributed by atoms with van der Waals surface area (Å²) in [6.45, 7) is 0. The second-order valence-corrected chi connectivity index (χ2v) is 2.68. The van der Waals surface area contributed by atoms with Gasteiger partial charge in [0.05, 0.1) is 11.1 Å². The quantitative estimate of drug-likeness (QED) is 0.700. The van der Waals surface area contributed by atoms with Gasteiger partial charge in [0.15, 0.2) is 0 Å². The molecule has 1 heterocycles. The predicted octanol–water partition coefficient (Wildman–Crippen LogP) is 1.28. The molecule has 1 aromatic heterocycles. The number of fused-ring (bicyclic) bond motifs is 1. The van der Waals surface area contributed by atoms with E-state index in [0.717, 1.165) is 0 Å². The molecular formula is C10H8NNaO2. The summed E-state index contributed by atoms with van der Waals surface area (Å²) in [7, 11) is 0. The Morgan fingerprint density at radius 1 is 1.21 bits per heavy atom. The molecule has 0 aliphatic carbocycles. The SMILES string of the molecule is O=C(O)c1cccc2ncccc12.[NaH]. The van der Waals surface area contributed by atoms with Crippen molar-refractivity contribution < 1.29 is 9.90 Å². The van der Waals surface area contributed by atoms with Crippen molar-refractivity contribution in [2.75, 3.05) is 0 Å². The summed E-state index contributed by atoms with van der Waals surface area (Å²) in [5.41, 5.74) is 1.01. The molecular weight excluding hydrogens is 189 g/mol. The van der Waals surface area contributed by atoms with Gasteiger partial charge in [0.25, 0.3) is 0 Å². The average molecular weight is 197 g/mol. The number of carboxylic acid groups (broad SMARTS) is 1. The van der Waals surface area contributed by atoms with E-state index < -0.39 is 5.97 Å². The molecule has 1 aromatic carbocycles. The van der Waals surface area contributed by atoms with Crippen LogP contribution in [0.1, 0.15) is 10.4 Å². The van der Waals surface area contributed by atoms with Gasteiger partial charge in [-0.15, -0.1) is 0 Å². The Morgan fingerprint density at radius 2 is 2.00 bits per heavy atom. The van der Waals surface area contributed by atoms with E-state index in [1.54, 1.807) is 36.5 Å². The second-order valence-electron chi connectivity index (χ2n) is 2.68. The Kier molecular flexibility index (Phi) is 3.63. The monoisotopic (exact) mass is 197 g/mol. The summed E-state index contributed by atoms with van der Waals surface area (Å²) in [6.07, 6.45) is 1.65. The van der Waals surface area contributed by atoms with Crippen LogP contribution in [-0.4, -0.2) is 45.6 Å². The van der Waals surface area contributed by atoms with Crippen molar-refractivity contribution in [1.29, 1.82) is 0 Å². The van der Waals surface area contributed by atoms with Gasteiger partial charge in [-0.05, 0) is 18.2 Å². The Balaban J connectivity index is 0.000000980. The molecule has 14 heavy (non-hydrogen) atoms. The third-order valence-electron chi connectivity index (χ3n) is 1.88. The number of carbonyl (C=O) groups is 1. The van der Waals surface area contributed by atoms with E-state index in [1.165, 1.54) is 0 Å². The zero-order valence-corrected chi connectivity index (χ0v) is 6.77. The van der Waals surface area contributed by atoms with Crippen molar-refractivity contribution in [3.05, 3.63) is 42.1 Å². The third-order valence-corrected chi connectivity index (χ3v) is 1.88. The van der Waals surface area contributed by atoms with Crippen molar-refractivity contribution in [3.63, 3.8) is 0 Å². The van der Waals surface area contributed by atoms with Gasteiger partial charge in [0.2, 0.25) is 0 Å². The van der Waals surface area contributed by atoms with Gasteiger partial charge in [-0.25, -0.2) is 4.79 Å². The number of pyridine rings is 1. The summed E-state index contributed by atoms with van der Waals surface area (Å²) in [5.74, 6) is -0.918. The first kappa shape index (κ1) is 11.2. The van der Waals surface area contributed by atoms with Crippen molar-refractivity contribution >= 4 is 46.4 Å². The molecule has 0 saturated carbocycles. The predicted molar refractivity (Wildman–Crippen MR) is 55.9 cm³/mol. The number of aromatic nitrogens is 1. The molecule has 0 fully saturated rings. The fourth-order valence-corrected chi connectivity index (χ4v) is 1.29. The van der Waals surface area contributed by atoms with Gasteiger partial charge in [0, 0.05) is 11.6 Å². The average Bonchev–Trinajstić information content (AvgIpc) is 2.17. The van der Waals surface area contributed by atoms with Crippen LogP contribution in [-0.2, 0) is 0 Å². The minimum absolute atomic E-state index is 0. The molecule has 3 nitrogen and oxygen atoms in total. The molecule has 2 rings (SSSR count). The van der Waals surface area contributed by atoms with E-state index in [4.69, 9.17) is 5.11 Å². The molecule has 0 atom stereocenters. The summed E-state index contributed by atoms with van der Waals surface area (Å²) in [6, 6.07) is 8.55. The summed E-state index contributed by atoms with van der Waals surface area (Å²) in [4.78, 5) is 14.8. The standard InChI is InChI=1S/C10H7NO2.Na.H/c12-10(13)8-3-1-5-9-7(8)4-2-6-11-9;;/h1-6H,(H,12,13);;. The van der Waals surface area contributed by atoms with Gasteiger partial charge < -0.3 is 5.11 Å². The van der Waals surface area contributed by atoms with E-state index in [0.29, 0.717) is 16.5 Å². The molecule has 0 bridgehead atoms. The Bertz CT molecular complexity index is 465. The van der Waals surface area contributed by atoms with Gasteiger partial charge in [0.1, 0.15) is 0 Å². The molecule has 4 heteroatoms. The molecule has 0 saturated heterocycles. The van der Waals surface area contributed by atoms with Crippen LogP contribution in [0.25, 0.3) is 10.9 Å². The van der Waals surface area contributed by atoms with Crippen molar-refractivity contribution in [3.8, 4) is 0 Å². The molecule has 0 spiro atoms. The molecule has 0 aliphatic heterocycles. The van der Waals surface area contributed by atoms with Crippen LogP contribution in [0.2, 0.25) is 0 Å². The van der Waals surface area contributed by atoms with E-state index in [9.17, 15) is 4.79 Å². The number of benzene rings is 1. The normalized spacial score (nSPS) is 9.43. The van der Waals surface area contributed by atoms with E-state index in [-0.39, 0.29) is 29.6 Å². The maximum absolute atomic E-state index is 10.8. The minimum atomic E-state index is -0.918. The molecule has 0 unspecified atom stereocenters. The Hall–Kier alpha value is -0.900. The fraction of sp³-hybridized carbons (Fsp3) is 0. The Labute approximate surface area is 103 Å². The van der Waals surface area contributed by atoms with Crippen LogP contribution >= 0.6 is 0 Å². The van der Waals surface area contributed by atoms with Gasteiger partial charge >= 0.3 is 35.5 Å². The summed E-state index contributed by atoms with van der Waals surface area (Å²) >= 11 is 0. The van der Waals surface area contributed by atoms with E-state index in [1.807, 2.05) is 0 Å². The number of hydrogen-bond acceptors (Lipinski definition) is 2. The zero-order chi connectivity index (χ0) is 9.26. The first-order valence-electron chi connectivity index (χ1n) is 3.86. The second kappa shape index (κ2) is 4.55. The third kappa shape index (κ3) is 1.95. The van der Waals surface area contributed by atoms with Crippen molar-refractivity contribution in [1.82, 2.24) is 4.98 Å². The van der Waals surface area contributed by atoms with Crippen LogP contribution in [0, 0.1) is 0 Å². The molecule has 2 aromatic rings. The van der Waals surface area contributed by atoms with Crippen molar-refractivity contribution in [2.24, 2.45) is 0 Å². The summed E-state index contributed by atoms with van der Waals surface area (Å²) in [5, 5.41) is 9.53. The Morgan fingerprint density at radius 3 is 2.71 bits per heavy atom. The van der Waals surface area contributed by atoms with Crippen LogP contribution in [0.5, 0.6) is 0 Å². The number of aromatic carboxylic acids is 1. The number of carboxylic acids is 1. The number of hydrogen-bond donors (Lipinski definition) is 1. The fourth-order valence-electron chi connectivity index (χ4n) is 1.29. The summed E-state index contributed by atoms with van der Waals surface area (Å²) < 4.78 is 0. The van der Waals surface area contributed by atoms with Crippen LogP contribution < -0.4 is 0 Å². The first-order valence-corrected chi connectivity index (χ1v) is 3.86. The van der Waals surface area contributed by atoms with Crippen LogP contribution in [0.4, 0.5) is 0 Å². The molecule has 66 valence electrons. The molecule has 0 amide bonds. The van der Waals surface area contributed by atoms with Crippen LogP contribution in [0.3, 0.4) is 0 Å². The zero-order valence-electron chi connectivity index (χ0n) is 6.77. The van der Waals surface area contributed by atoms with Crippen LogP contribution in [0.15, 0.2) is 36.5 Å². The maximum atomic E-state index is 10.8. The number of rotatable bonds is 1.